The fourth-order valence-corrected chi connectivity index (χ4v) is 4.13. The Labute approximate surface area is 122 Å². The van der Waals surface area contributed by atoms with E-state index in [0.29, 0.717) is 16.7 Å². The summed E-state index contributed by atoms with van der Waals surface area (Å²) in [5, 5.41) is 3.66. The van der Waals surface area contributed by atoms with Gasteiger partial charge in [-0.25, -0.2) is 0 Å². The van der Waals surface area contributed by atoms with Gasteiger partial charge in [0.1, 0.15) is 0 Å². The van der Waals surface area contributed by atoms with E-state index in [1.165, 1.54) is 25.7 Å². The van der Waals surface area contributed by atoms with Gasteiger partial charge in [0.15, 0.2) is 0 Å². The van der Waals surface area contributed by atoms with Gasteiger partial charge in [-0.05, 0) is 25.0 Å². The highest BCUT2D eigenvalue weighted by Crippen LogP contribution is 2.38. The standard InChI is InChI=1S/C15H20F2N2S/c16-14(17)20-13-6-2-1-5-12(13)19-10-9-18-15(11-19)7-3-4-8-15/h1-2,5-6,14,18H,3-4,7-11H2. The van der Waals surface area contributed by atoms with E-state index in [0.717, 1.165) is 25.3 Å². The number of halogens is 2. The minimum absolute atomic E-state index is 0.209. The second-order valence-electron chi connectivity index (χ2n) is 5.68. The largest absolute Gasteiger partial charge is 0.368 e. The third-order valence-corrected chi connectivity index (χ3v) is 5.14. The van der Waals surface area contributed by atoms with Crippen LogP contribution in [-0.4, -0.2) is 30.9 Å². The van der Waals surface area contributed by atoms with Crippen molar-refractivity contribution in [1.82, 2.24) is 5.32 Å². The van der Waals surface area contributed by atoms with Crippen LogP contribution in [0.15, 0.2) is 29.2 Å². The molecule has 3 rings (SSSR count). The van der Waals surface area contributed by atoms with E-state index in [4.69, 9.17) is 0 Å². The Balaban J connectivity index is 1.81. The number of nitrogens with one attached hydrogen (secondary N) is 1. The fourth-order valence-electron chi connectivity index (χ4n) is 3.46. The molecule has 2 nitrogen and oxygen atoms in total. The normalized spacial score (nSPS) is 21.9. The van der Waals surface area contributed by atoms with E-state index in [2.05, 4.69) is 10.2 Å². The molecule has 1 aliphatic carbocycles. The fraction of sp³-hybridized carbons (Fsp3) is 0.600. The average Bonchev–Trinajstić information content (AvgIpc) is 2.87. The summed E-state index contributed by atoms with van der Waals surface area (Å²) in [6.45, 7) is 2.77. The van der Waals surface area contributed by atoms with E-state index in [1.807, 2.05) is 18.2 Å². The second-order valence-corrected chi connectivity index (χ2v) is 6.71. The molecule has 2 fully saturated rings. The van der Waals surface area contributed by atoms with Crippen LogP contribution in [0.5, 0.6) is 0 Å². The highest BCUT2D eigenvalue weighted by molar-refractivity contribution is 7.99. The van der Waals surface area contributed by atoms with Crippen molar-refractivity contribution >= 4 is 17.4 Å². The van der Waals surface area contributed by atoms with Gasteiger partial charge in [0.2, 0.25) is 0 Å². The maximum Gasteiger partial charge on any atom is 0.288 e. The molecular formula is C15H20F2N2S. The predicted octanol–water partition coefficient (Wildman–Crippen LogP) is 3.72. The summed E-state index contributed by atoms with van der Waals surface area (Å²) < 4.78 is 25.4. The zero-order chi connectivity index (χ0) is 14.0. The number of para-hydroxylation sites is 1. The molecule has 1 heterocycles. The van der Waals surface area contributed by atoms with Crippen LogP contribution in [0.1, 0.15) is 25.7 Å². The molecule has 0 radical (unpaired) electrons. The second kappa shape index (κ2) is 5.90. The molecule has 1 aromatic rings. The van der Waals surface area contributed by atoms with E-state index in [1.54, 1.807) is 6.07 Å². The summed E-state index contributed by atoms with van der Waals surface area (Å²) in [4.78, 5) is 2.98. The first-order valence-electron chi connectivity index (χ1n) is 7.22. The summed E-state index contributed by atoms with van der Waals surface area (Å²) in [6, 6.07) is 7.55. The number of hydrogen-bond acceptors (Lipinski definition) is 3. The Morgan fingerprint density at radius 3 is 2.70 bits per heavy atom. The number of hydrogen-bond donors (Lipinski definition) is 1. The Bertz CT molecular complexity index is 461. The van der Waals surface area contributed by atoms with Crippen molar-refractivity contribution in [3.8, 4) is 0 Å². The summed E-state index contributed by atoms with van der Waals surface area (Å²) in [5.41, 5.74) is 1.17. The molecule has 1 saturated carbocycles. The van der Waals surface area contributed by atoms with Gasteiger partial charge >= 0.3 is 0 Å². The maximum absolute atomic E-state index is 12.7. The monoisotopic (exact) mass is 298 g/mol. The highest BCUT2D eigenvalue weighted by atomic mass is 32.2. The number of anilines is 1. The molecule has 0 bridgehead atoms. The van der Waals surface area contributed by atoms with Crippen LogP contribution in [0.4, 0.5) is 14.5 Å². The molecule has 110 valence electrons. The van der Waals surface area contributed by atoms with Gasteiger partial charge in [0.05, 0.1) is 5.69 Å². The van der Waals surface area contributed by atoms with E-state index in [-0.39, 0.29) is 5.54 Å². The lowest BCUT2D eigenvalue weighted by Gasteiger charge is -2.43. The highest BCUT2D eigenvalue weighted by Gasteiger charge is 2.38. The molecule has 0 amide bonds. The summed E-state index contributed by atoms with van der Waals surface area (Å²) in [7, 11) is 0. The van der Waals surface area contributed by atoms with Crippen molar-refractivity contribution in [3.63, 3.8) is 0 Å². The molecule has 1 spiro atoms. The Hall–Kier alpha value is -0.810. The predicted molar refractivity (Wildman–Crippen MR) is 79.7 cm³/mol. The van der Waals surface area contributed by atoms with Gasteiger partial charge in [-0.2, -0.15) is 8.78 Å². The van der Waals surface area contributed by atoms with Gasteiger partial charge in [0, 0.05) is 30.1 Å². The lowest BCUT2D eigenvalue weighted by Crippen LogP contribution is -2.59. The van der Waals surface area contributed by atoms with E-state index < -0.39 is 5.76 Å². The average molecular weight is 298 g/mol. The van der Waals surface area contributed by atoms with Gasteiger partial charge in [-0.1, -0.05) is 36.7 Å². The first-order chi connectivity index (χ1) is 9.69. The first kappa shape index (κ1) is 14.1. The number of benzene rings is 1. The van der Waals surface area contributed by atoms with Crippen LogP contribution in [0, 0.1) is 0 Å². The van der Waals surface area contributed by atoms with Crippen molar-refractivity contribution in [2.45, 2.75) is 41.9 Å². The smallest absolute Gasteiger partial charge is 0.288 e. The molecule has 0 aromatic heterocycles. The molecule has 20 heavy (non-hydrogen) atoms. The number of rotatable bonds is 3. The molecule has 1 N–H and O–H groups in total. The lowest BCUT2D eigenvalue weighted by molar-refractivity contribution is 0.252. The molecule has 1 saturated heterocycles. The lowest BCUT2D eigenvalue weighted by atomic mass is 9.94. The van der Waals surface area contributed by atoms with E-state index in [9.17, 15) is 8.78 Å². The number of piperazine rings is 1. The first-order valence-corrected chi connectivity index (χ1v) is 8.10. The van der Waals surface area contributed by atoms with E-state index >= 15 is 0 Å². The van der Waals surface area contributed by atoms with Crippen molar-refractivity contribution in [1.29, 1.82) is 0 Å². The van der Waals surface area contributed by atoms with Crippen LogP contribution >= 0.6 is 11.8 Å². The SMILES string of the molecule is FC(F)Sc1ccccc1N1CCNC2(CCCC2)C1. The summed E-state index contributed by atoms with van der Waals surface area (Å²) in [6.07, 6.45) is 4.95. The summed E-state index contributed by atoms with van der Waals surface area (Å²) >= 11 is 0.654. The van der Waals surface area contributed by atoms with Crippen LogP contribution < -0.4 is 10.2 Å². The third-order valence-electron chi connectivity index (χ3n) is 4.36. The summed E-state index contributed by atoms with van der Waals surface area (Å²) in [5.74, 6) is -2.36. The van der Waals surface area contributed by atoms with Crippen molar-refractivity contribution in [3.05, 3.63) is 24.3 Å². The zero-order valence-electron chi connectivity index (χ0n) is 11.4. The van der Waals surface area contributed by atoms with Crippen LogP contribution in [0.3, 0.4) is 0 Å². The zero-order valence-corrected chi connectivity index (χ0v) is 12.3. The van der Waals surface area contributed by atoms with Crippen LogP contribution in [0.25, 0.3) is 0 Å². The van der Waals surface area contributed by atoms with Crippen LogP contribution in [-0.2, 0) is 0 Å². The van der Waals surface area contributed by atoms with Crippen LogP contribution in [0.2, 0.25) is 0 Å². The molecule has 1 aliphatic heterocycles. The minimum Gasteiger partial charge on any atom is -0.368 e. The molecule has 0 unspecified atom stereocenters. The molecule has 5 heteroatoms. The Kier molecular flexibility index (Phi) is 4.17. The van der Waals surface area contributed by atoms with Crippen molar-refractivity contribution in [2.75, 3.05) is 24.5 Å². The third kappa shape index (κ3) is 2.93. The van der Waals surface area contributed by atoms with Gasteiger partial charge in [0.25, 0.3) is 5.76 Å². The number of nitrogens with zero attached hydrogens (tertiary/aromatic N) is 1. The topological polar surface area (TPSA) is 15.3 Å². The van der Waals surface area contributed by atoms with Gasteiger partial charge in [-0.15, -0.1) is 0 Å². The number of alkyl halides is 2. The maximum atomic E-state index is 12.7. The Morgan fingerprint density at radius 2 is 1.95 bits per heavy atom. The minimum atomic E-state index is -2.36. The quantitative estimate of drug-likeness (QED) is 0.856. The van der Waals surface area contributed by atoms with Gasteiger partial charge < -0.3 is 10.2 Å². The van der Waals surface area contributed by atoms with Gasteiger partial charge in [-0.3, -0.25) is 0 Å². The molecule has 1 aromatic carbocycles. The molecule has 2 aliphatic rings. The molecular weight excluding hydrogens is 278 g/mol. The molecule has 0 atom stereocenters. The van der Waals surface area contributed by atoms with Crippen molar-refractivity contribution < 1.29 is 8.78 Å². The van der Waals surface area contributed by atoms with Crippen molar-refractivity contribution in [2.24, 2.45) is 0 Å². The Morgan fingerprint density at radius 1 is 1.20 bits per heavy atom. The number of thioether (sulfide) groups is 1.